The maximum atomic E-state index is 10.6. The highest BCUT2D eigenvalue weighted by Gasteiger charge is 2.27. The zero-order valence-electron chi connectivity index (χ0n) is 17.5. The number of carboxylic acid groups (broad SMARTS) is 2. The first-order valence-electron chi connectivity index (χ1n) is 9.54. The number of carbonyl (C=O) groups excluding carboxylic acids is 1. The summed E-state index contributed by atoms with van der Waals surface area (Å²) in [5.41, 5.74) is 15.5. The van der Waals surface area contributed by atoms with Crippen molar-refractivity contribution in [1.82, 2.24) is 4.90 Å². The number of carbonyl (C=O) groups is 3. The SMILES string of the molecule is CN1CSCC1C(=O)O.NCC(=O)OSc1ccccc1.NCCCC[C@H](N)C(=O)O. The third kappa shape index (κ3) is 14.7. The predicted molar refractivity (Wildman–Crippen MR) is 122 cm³/mol. The topological polar surface area (TPSA) is 182 Å². The molecule has 1 aromatic rings. The minimum atomic E-state index is -0.933. The lowest BCUT2D eigenvalue weighted by molar-refractivity contribution is -0.141. The number of likely N-dealkylation sites (N-methyl/N-ethyl adjacent to an activating group) is 1. The van der Waals surface area contributed by atoms with Crippen molar-refractivity contribution >= 4 is 41.7 Å². The van der Waals surface area contributed by atoms with Gasteiger partial charge >= 0.3 is 17.9 Å². The van der Waals surface area contributed by atoms with E-state index in [0.29, 0.717) is 13.0 Å². The standard InChI is InChI=1S/C8H9NO2S.C6H14N2O2.C5H9NO2S/c9-6-8(10)11-12-7-4-2-1-3-5-7;7-4-2-1-3-5(8)6(9)10;1-6-3-9-2-4(6)5(7)8/h1-5H,6,9H2;5H,1-4,7-8H2,(H,9,10);4H,2-3H2,1H3,(H,7,8)/t;5-;/m.0./s1. The van der Waals surface area contributed by atoms with Crippen LogP contribution in [0.2, 0.25) is 0 Å². The summed E-state index contributed by atoms with van der Waals surface area (Å²) in [6.07, 6.45) is 2.16. The number of carboxylic acids is 2. The van der Waals surface area contributed by atoms with Crippen LogP contribution in [0.5, 0.6) is 0 Å². The Balaban J connectivity index is 0.000000441. The number of unbranched alkanes of at least 4 members (excludes halogenated alkanes) is 1. The van der Waals surface area contributed by atoms with Crippen LogP contribution < -0.4 is 17.2 Å². The molecular weight excluding hydrogens is 444 g/mol. The summed E-state index contributed by atoms with van der Waals surface area (Å²) in [6.45, 7) is 0.520. The molecule has 176 valence electrons. The first-order chi connectivity index (χ1) is 14.7. The molecule has 0 radical (unpaired) electrons. The molecule has 1 heterocycles. The fraction of sp³-hybridized carbons (Fsp3) is 0.526. The van der Waals surface area contributed by atoms with E-state index in [4.69, 9.17) is 31.6 Å². The fourth-order valence-electron chi connectivity index (χ4n) is 2.02. The van der Waals surface area contributed by atoms with Crippen LogP contribution in [0.3, 0.4) is 0 Å². The molecule has 1 unspecified atom stereocenters. The van der Waals surface area contributed by atoms with Crippen LogP contribution in [-0.4, -0.2) is 76.9 Å². The molecule has 0 aliphatic carbocycles. The van der Waals surface area contributed by atoms with Gasteiger partial charge in [0.15, 0.2) is 0 Å². The minimum Gasteiger partial charge on any atom is -0.480 e. The third-order valence-electron chi connectivity index (χ3n) is 3.81. The van der Waals surface area contributed by atoms with Crippen molar-refractivity contribution in [3.8, 4) is 0 Å². The van der Waals surface area contributed by atoms with Crippen LogP contribution in [0.4, 0.5) is 0 Å². The second-order valence-corrected chi connectivity index (χ2v) is 8.20. The van der Waals surface area contributed by atoms with Crippen molar-refractivity contribution in [2.75, 3.05) is 31.8 Å². The summed E-state index contributed by atoms with van der Waals surface area (Å²) in [5.74, 6) is -0.480. The molecule has 8 N–H and O–H groups in total. The quantitative estimate of drug-likeness (QED) is 0.250. The Bertz CT molecular complexity index is 654. The Labute approximate surface area is 191 Å². The number of rotatable bonds is 9. The summed E-state index contributed by atoms with van der Waals surface area (Å²) < 4.78 is 4.73. The number of nitrogens with two attached hydrogens (primary N) is 3. The van der Waals surface area contributed by atoms with Gasteiger partial charge in [-0.15, -0.1) is 11.8 Å². The van der Waals surface area contributed by atoms with Gasteiger partial charge in [-0.25, -0.2) is 4.79 Å². The molecule has 31 heavy (non-hydrogen) atoms. The normalized spacial score (nSPS) is 16.2. The molecular formula is C19H32N4O6S2. The first kappa shape index (κ1) is 29.2. The second-order valence-electron chi connectivity index (χ2n) is 6.40. The van der Waals surface area contributed by atoms with Gasteiger partial charge in [0.25, 0.3) is 0 Å². The summed E-state index contributed by atoms with van der Waals surface area (Å²) in [7, 11) is 1.83. The third-order valence-corrected chi connectivity index (χ3v) is 5.69. The van der Waals surface area contributed by atoms with Crippen molar-refractivity contribution < 1.29 is 28.8 Å². The monoisotopic (exact) mass is 476 g/mol. The van der Waals surface area contributed by atoms with Crippen LogP contribution in [0.25, 0.3) is 0 Å². The molecule has 2 atom stereocenters. The van der Waals surface area contributed by atoms with Gasteiger partial charge in [-0.1, -0.05) is 24.6 Å². The number of benzene rings is 1. The van der Waals surface area contributed by atoms with Crippen molar-refractivity contribution in [2.45, 2.75) is 36.2 Å². The van der Waals surface area contributed by atoms with Crippen molar-refractivity contribution in [1.29, 1.82) is 0 Å². The van der Waals surface area contributed by atoms with E-state index in [9.17, 15) is 14.4 Å². The van der Waals surface area contributed by atoms with Gasteiger partial charge in [0, 0.05) is 16.5 Å². The van der Waals surface area contributed by atoms with Gasteiger partial charge in [0.2, 0.25) is 0 Å². The van der Waals surface area contributed by atoms with Gasteiger partial charge in [-0.05, 0) is 38.6 Å². The van der Waals surface area contributed by atoms with E-state index in [-0.39, 0.29) is 12.6 Å². The Hall–Kier alpha value is -1.83. The molecule has 0 aromatic heterocycles. The lowest BCUT2D eigenvalue weighted by Crippen LogP contribution is -2.34. The highest BCUT2D eigenvalue weighted by Crippen LogP contribution is 2.18. The van der Waals surface area contributed by atoms with Gasteiger partial charge in [0.05, 0.1) is 18.6 Å². The van der Waals surface area contributed by atoms with Crippen LogP contribution in [0.1, 0.15) is 19.3 Å². The average Bonchev–Trinajstić information content (AvgIpc) is 3.20. The highest BCUT2D eigenvalue weighted by molar-refractivity contribution is 7.99. The number of thioether (sulfide) groups is 1. The maximum Gasteiger partial charge on any atom is 0.332 e. The Morgan fingerprint density at radius 1 is 1.23 bits per heavy atom. The highest BCUT2D eigenvalue weighted by atomic mass is 32.2. The molecule has 10 nitrogen and oxygen atoms in total. The van der Waals surface area contributed by atoms with E-state index in [0.717, 1.165) is 41.4 Å². The van der Waals surface area contributed by atoms with Gasteiger partial charge < -0.3 is 31.6 Å². The number of nitrogens with zero attached hydrogens (tertiary/aromatic N) is 1. The number of hydrogen-bond donors (Lipinski definition) is 5. The molecule has 0 spiro atoms. The molecule has 0 bridgehead atoms. The van der Waals surface area contributed by atoms with E-state index < -0.39 is 23.9 Å². The fourth-order valence-corrected chi connectivity index (χ4v) is 3.74. The number of hydrogen-bond acceptors (Lipinski definition) is 10. The number of aliphatic carboxylic acids is 2. The van der Waals surface area contributed by atoms with Crippen molar-refractivity contribution in [3.63, 3.8) is 0 Å². The van der Waals surface area contributed by atoms with E-state index in [1.165, 1.54) is 0 Å². The van der Waals surface area contributed by atoms with Crippen molar-refractivity contribution in [3.05, 3.63) is 30.3 Å². The molecule has 0 saturated carbocycles. The molecule has 1 aliphatic heterocycles. The Morgan fingerprint density at radius 2 is 1.87 bits per heavy atom. The van der Waals surface area contributed by atoms with E-state index >= 15 is 0 Å². The largest absolute Gasteiger partial charge is 0.480 e. The first-order valence-corrected chi connectivity index (χ1v) is 11.4. The zero-order chi connectivity index (χ0) is 23.6. The van der Waals surface area contributed by atoms with Crippen LogP contribution >= 0.6 is 23.8 Å². The summed E-state index contributed by atoms with van der Waals surface area (Å²) >= 11 is 2.69. The van der Waals surface area contributed by atoms with Crippen LogP contribution in [0, 0.1) is 0 Å². The van der Waals surface area contributed by atoms with Gasteiger partial charge in [0.1, 0.15) is 12.1 Å². The molecule has 0 amide bonds. The summed E-state index contributed by atoms with van der Waals surface area (Å²) in [5, 5.41) is 16.9. The zero-order valence-corrected chi connectivity index (χ0v) is 19.1. The summed E-state index contributed by atoms with van der Waals surface area (Å²) in [6, 6.07) is 8.39. The lowest BCUT2D eigenvalue weighted by atomic mass is 10.1. The van der Waals surface area contributed by atoms with Crippen molar-refractivity contribution in [2.24, 2.45) is 17.2 Å². The van der Waals surface area contributed by atoms with Crippen LogP contribution in [0.15, 0.2) is 35.2 Å². The molecule has 1 aliphatic rings. The average molecular weight is 477 g/mol. The van der Waals surface area contributed by atoms with Crippen LogP contribution in [-0.2, 0) is 18.6 Å². The van der Waals surface area contributed by atoms with E-state index in [1.54, 1.807) is 11.8 Å². The summed E-state index contributed by atoms with van der Waals surface area (Å²) in [4.78, 5) is 33.8. The predicted octanol–water partition coefficient (Wildman–Crippen LogP) is 0.799. The second kappa shape index (κ2) is 17.8. The van der Waals surface area contributed by atoms with E-state index in [2.05, 4.69) is 0 Å². The molecule has 1 fully saturated rings. The van der Waals surface area contributed by atoms with Gasteiger partial charge in [-0.3, -0.25) is 14.5 Å². The molecule has 1 aromatic carbocycles. The molecule has 12 heteroatoms. The maximum absolute atomic E-state index is 10.6. The minimum absolute atomic E-state index is 0.0835. The Morgan fingerprint density at radius 3 is 2.29 bits per heavy atom. The van der Waals surface area contributed by atoms with Gasteiger partial charge in [-0.2, -0.15) is 0 Å². The smallest absolute Gasteiger partial charge is 0.332 e. The lowest BCUT2D eigenvalue weighted by Gasteiger charge is -2.11. The molecule has 2 rings (SSSR count). The molecule has 1 saturated heterocycles. The van der Waals surface area contributed by atoms with E-state index in [1.807, 2.05) is 42.3 Å². The Kier molecular flexibility index (Phi) is 16.8.